The molecule has 1 rings (SSSR count). The average molecular weight is 276 g/mol. The number of esters is 1. The fourth-order valence-electron chi connectivity index (χ4n) is 2.03. The second-order valence-electron chi connectivity index (χ2n) is 5.45. The van der Waals surface area contributed by atoms with Crippen molar-refractivity contribution < 1.29 is 14.6 Å². The average Bonchev–Trinajstić information content (AvgIpc) is 2.38. The van der Waals surface area contributed by atoms with E-state index in [0.717, 1.165) is 11.1 Å². The molecule has 0 saturated carbocycles. The molecule has 0 saturated heterocycles. The van der Waals surface area contributed by atoms with Crippen LogP contribution >= 0.6 is 0 Å². The van der Waals surface area contributed by atoms with Crippen LogP contribution in [-0.2, 0) is 9.53 Å². The van der Waals surface area contributed by atoms with E-state index in [1.807, 2.05) is 43.3 Å². The highest BCUT2D eigenvalue weighted by Crippen LogP contribution is 2.24. The second kappa shape index (κ2) is 7.25. The molecule has 0 bridgehead atoms. The molecular formula is C17H24O3. The van der Waals surface area contributed by atoms with Crippen LogP contribution in [-0.4, -0.2) is 23.3 Å². The predicted molar refractivity (Wildman–Crippen MR) is 81.1 cm³/mol. The summed E-state index contributed by atoms with van der Waals surface area (Å²) in [6.45, 7) is 7.37. The Hall–Kier alpha value is -1.61. The third-order valence-corrected chi connectivity index (χ3v) is 3.31. The Morgan fingerprint density at radius 2 is 1.95 bits per heavy atom. The Balaban J connectivity index is 2.83. The van der Waals surface area contributed by atoms with E-state index in [4.69, 9.17) is 4.74 Å². The van der Waals surface area contributed by atoms with Crippen LogP contribution in [0.2, 0.25) is 0 Å². The van der Waals surface area contributed by atoms with Crippen molar-refractivity contribution in [3.8, 4) is 0 Å². The highest BCUT2D eigenvalue weighted by molar-refractivity contribution is 5.74. The van der Waals surface area contributed by atoms with Crippen LogP contribution < -0.4 is 0 Å². The van der Waals surface area contributed by atoms with Gasteiger partial charge in [0.25, 0.3) is 0 Å². The van der Waals surface area contributed by atoms with Gasteiger partial charge in [0.15, 0.2) is 0 Å². The first-order valence-electron chi connectivity index (χ1n) is 6.97. The van der Waals surface area contributed by atoms with E-state index in [1.54, 1.807) is 20.8 Å². The largest absolute Gasteiger partial charge is 0.466 e. The lowest BCUT2D eigenvalue weighted by Crippen LogP contribution is -2.37. The zero-order valence-electron chi connectivity index (χ0n) is 12.7. The molecule has 0 radical (unpaired) electrons. The normalized spacial score (nSPS) is 13.9. The molecule has 0 aliphatic heterocycles. The molecule has 0 spiro atoms. The Kier molecular flexibility index (Phi) is 5.96. The summed E-state index contributed by atoms with van der Waals surface area (Å²) in [5.74, 6) is -0.904. The van der Waals surface area contributed by atoms with E-state index < -0.39 is 11.5 Å². The van der Waals surface area contributed by atoms with Crippen LogP contribution in [0.1, 0.15) is 39.7 Å². The first kappa shape index (κ1) is 16.4. The maximum Gasteiger partial charge on any atom is 0.312 e. The molecule has 0 aliphatic carbocycles. The summed E-state index contributed by atoms with van der Waals surface area (Å²) in [4.78, 5) is 11.9. The Labute approximate surface area is 121 Å². The van der Waals surface area contributed by atoms with Gasteiger partial charge in [0.05, 0.1) is 18.1 Å². The van der Waals surface area contributed by atoms with Crippen LogP contribution in [0.25, 0.3) is 5.57 Å². The molecule has 0 amide bonds. The smallest absolute Gasteiger partial charge is 0.312 e. The molecule has 0 aromatic heterocycles. The summed E-state index contributed by atoms with van der Waals surface area (Å²) in [7, 11) is 0. The maximum atomic E-state index is 11.9. The molecule has 1 unspecified atom stereocenters. The molecule has 0 heterocycles. The van der Waals surface area contributed by atoms with Crippen molar-refractivity contribution in [2.24, 2.45) is 5.92 Å². The van der Waals surface area contributed by atoms with Crippen LogP contribution in [0, 0.1) is 5.92 Å². The van der Waals surface area contributed by atoms with Crippen molar-refractivity contribution >= 4 is 11.5 Å². The topological polar surface area (TPSA) is 46.5 Å². The van der Waals surface area contributed by atoms with Crippen molar-refractivity contribution in [3.63, 3.8) is 0 Å². The summed E-state index contributed by atoms with van der Waals surface area (Å²) >= 11 is 0. The van der Waals surface area contributed by atoms with Crippen molar-refractivity contribution in [1.29, 1.82) is 0 Å². The van der Waals surface area contributed by atoms with Gasteiger partial charge in [-0.2, -0.15) is 0 Å². The van der Waals surface area contributed by atoms with Crippen molar-refractivity contribution in [3.05, 3.63) is 42.0 Å². The van der Waals surface area contributed by atoms with E-state index in [9.17, 15) is 9.90 Å². The number of allylic oxidation sites excluding steroid dienone is 2. The first-order chi connectivity index (χ1) is 9.36. The molecule has 1 aromatic carbocycles. The van der Waals surface area contributed by atoms with Gasteiger partial charge in [-0.15, -0.1) is 0 Å². The Bertz CT molecular complexity index is 455. The third kappa shape index (κ3) is 4.82. The minimum atomic E-state index is -1.10. The number of aliphatic hydroxyl groups is 1. The van der Waals surface area contributed by atoms with E-state index in [0.29, 0.717) is 13.0 Å². The SMILES string of the molecule is CCOC(=O)C(C/C=C(\C)c1ccccc1)C(C)(C)O. The number of rotatable bonds is 6. The van der Waals surface area contributed by atoms with Gasteiger partial charge in [-0.3, -0.25) is 4.79 Å². The number of carbonyl (C=O) groups is 1. The van der Waals surface area contributed by atoms with Crippen LogP contribution in [0.5, 0.6) is 0 Å². The monoisotopic (exact) mass is 276 g/mol. The lowest BCUT2D eigenvalue weighted by molar-refractivity contribution is -0.156. The van der Waals surface area contributed by atoms with Crippen LogP contribution in [0.4, 0.5) is 0 Å². The molecule has 3 nitrogen and oxygen atoms in total. The molecule has 0 aliphatic rings. The van der Waals surface area contributed by atoms with Gasteiger partial charge >= 0.3 is 5.97 Å². The summed E-state index contributed by atoms with van der Waals surface area (Å²) < 4.78 is 5.04. The minimum absolute atomic E-state index is 0.326. The second-order valence-corrected chi connectivity index (χ2v) is 5.45. The zero-order valence-corrected chi connectivity index (χ0v) is 12.7. The molecule has 110 valence electrons. The molecular weight excluding hydrogens is 252 g/mol. The molecule has 1 N–H and O–H groups in total. The quantitative estimate of drug-likeness (QED) is 0.810. The van der Waals surface area contributed by atoms with Gasteiger partial charge in [-0.25, -0.2) is 0 Å². The molecule has 20 heavy (non-hydrogen) atoms. The van der Waals surface area contributed by atoms with Gasteiger partial charge in [-0.05, 0) is 45.3 Å². The van der Waals surface area contributed by atoms with E-state index >= 15 is 0 Å². The van der Waals surface area contributed by atoms with Gasteiger partial charge in [-0.1, -0.05) is 36.4 Å². The van der Waals surface area contributed by atoms with E-state index in [-0.39, 0.29) is 5.97 Å². The number of ether oxygens (including phenoxy) is 1. The molecule has 3 heteroatoms. The summed E-state index contributed by atoms with van der Waals surface area (Å²) in [5, 5.41) is 10.1. The fourth-order valence-corrected chi connectivity index (χ4v) is 2.03. The van der Waals surface area contributed by atoms with Crippen LogP contribution in [0.15, 0.2) is 36.4 Å². The van der Waals surface area contributed by atoms with Crippen molar-refractivity contribution in [2.75, 3.05) is 6.61 Å². The van der Waals surface area contributed by atoms with Crippen LogP contribution in [0.3, 0.4) is 0 Å². The summed E-state index contributed by atoms with van der Waals surface area (Å²) in [6, 6.07) is 9.97. The zero-order chi connectivity index (χ0) is 15.2. The third-order valence-electron chi connectivity index (χ3n) is 3.31. The van der Waals surface area contributed by atoms with Crippen molar-refractivity contribution in [1.82, 2.24) is 0 Å². The summed E-state index contributed by atoms with van der Waals surface area (Å²) in [6.07, 6.45) is 2.44. The minimum Gasteiger partial charge on any atom is -0.466 e. The highest BCUT2D eigenvalue weighted by atomic mass is 16.5. The van der Waals surface area contributed by atoms with Gasteiger partial charge in [0, 0.05) is 0 Å². The van der Waals surface area contributed by atoms with Crippen molar-refractivity contribution in [2.45, 2.75) is 39.7 Å². The molecule has 1 aromatic rings. The standard InChI is InChI=1S/C17H24O3/c1-5-20-16(18)15(17(3,4)19)12-11-13(2)14-9-7-6-8-10-14/h6-11,15,19H,5,12H2,1-4H3/b13-11+. The predicted octanol–water partition coefficient (Wildman–Crippen LogP) is 3.43. The molecule has 0 fully saturated rings. The lowest BCUT2D eigenvalue weighted by Gasteiger charge is -2.26. The van der Waals surface area contributed by atoms with Gasteiger partial charge < -0.3 is 9.84 Å². The highest BCUT2D eigenvalue weighted by Gasteiger charge is 2.33. The maximum absolute atomic E-state index is 11.9. The molecule has 1 atom stereocenters. The first-order valence-corrected chi connectivity index (χ1v) is 6.97. The lowest BCUT2D eigenvalue weighted by atomic mass is 9.87. The summed E-state index contributed by atoms with van der Waals surface area (Å²) in [5.41, 5.74) is 1.11. The number of hydrogen-bond donors (Lipinski definition) is 1. The number of benzene rings is 1. The van der Waals surface area contributed by atoms with E-state index in [2.05, 4.69) is 0 Å². The number of carbonyl (C=O) groups excluding carboxylic acids is 1. The van der Waals surface area contributed by atoms with Gasteiger partial charge in [0.2, 0.25) is 0 Å². The Morgan fingerprint density at radius 3 is 2.45 bits per heavy atom. The van der Waals surface area contributed by atoms with E-state index in [1.165, 1.54) is 0 Å². The fraction of sp³-hybridized carbons (Fsp3) is 0.471. The number of hydrogen-bond acceptors (Lipinski definition) is 3. The van der Waals surface area contributed by atoms with Gasteiger partial charge in [0.1, 0.15) is 0 Å². The Morgan fingerprint density at radius 1 is 1.35 bits per heavy atom.